The molecule has 0 bridgehead atoms. The monoisotopic (exact) mass is 268 g/mol. The van der Waals surface area contributed by atoms with Crippen LogP contribution in [0.3, 0.4) is 0 Å². The maximum Gasteiger partial charge on any atom is 0.241 e. The highest BCUT2D eigenvalue weighted by Crippen LogP contribution is 2.27. The van der Waals surface area contributed by atoms with E-state index in [0.29, 0.717) is 0 Å². The second-order valence-corrected chi connectivity index (χ2v) is 3.45. The number of nitrogens with one attached hydrogen (secondary N) is 1. The molecule has 8 heteroatoms. The maximum atomic E-state index is 13.2. The van der Waals surface area contributed by atoms with Gasteiger partial charge in [-0.15, -0.1) is 0 Å². The van der Waals surface area contributed by atoms with Gasteiger partial charge >= 0.3 is 0 Å². The molecule has 1 amide bonds. The fourth-order valence-electron chi connectivity index (χ4n) is 1.12. The van der Waals surface area contributed by atoms with Crippen molar-refractivity contribution in [2.75, 3.05) is 5.32 Å². The van der Waals surface area contributed by atoms with Crippen molar-refractivity contribution < 1.29 is 26.7 Å². The summed E-state index contributed by atoms with van der Waals surface area (Å²) in [5, 5.41) is 1.58. The molecule has 0 radical (unpaired) electrons. The van der Waals surface area contributed by atoms with Gasteiger partial charge in [-0.1, -0.05) is 6.92 Å². The number of nitrogens with two attached hydrogens (primary N) is 1. The van der Waals surface area contributed by atoms with Crippen LogP contribution in [0.2, 0.25) is 0 Å². The molecule has 1 aromatic carbocycles. The maximum absolute atomic E-state index is 13.2. The van der Waals surface area contributed by atoms with Gasteiger partial charge in [0.25, 0.3) is 0 Å². The van der Waals surface area contributed by atoms with Crippen molar-refractivity contribution in [2.24, 2.45) is 5.73 Å². The zero-order valence-electron chi connectivity index (χ0n) is 9.16. The molecule has 0 aliphatic rings. The minimum absolute atomic E-state index is 0.140. The average molecular weight is 268 g/mol. The Labute approximate surface area is 98.8 Å². The lowest BCUT2D eigenvalue weighted by Gasteiger charge is -2.12. The van der Waals surface area contributed by atoms with Crippen LogP contribution in [0.25, 0.3) is 0 Å². The van der Waals surface area contributed by atoms with Gasteiger partial charge in [0.15, 0.2) is 23.3 Å². The van der Waals surface area contributed by atoms with E-state index in [0.717, 1.165) is 0 Å². The quantitative estimate of drug-likeness (QED) is 0.501. The SMILES string of the molecule is CC[C@@H](N)C(=O)Nc1c(F)c(F)c(F)c(F)c1F. The third-order valence-electron chi connectivity index (χ3n) is 2.23. The lowest BCUT2D eigenvalue weighted by molar-refractivity contribution is -0.117. The molecule has 0 fully saturated rings. The van der Waals surface area contributed by atoms with E-state index in [9.17, 15) is 26.7 Å². The van der Waals surface area contributed by atoms with Crippen LogP contribution >= 0.6 is 0 Å². The van der Waals surface area contributed by atoms with Gasteiger partial charge in [0.1, 0.15) is 5.69 Å². The number of carbonyl (C=O) groups is 1. The zero-order valence-corrected chi connectivity index (χ0v) is 9.16. The molecule has 0 saturated carbocycles. The van der Waals surface area contributed by atoms with Crippen LogP contribution in [-0.4, -0.2) is 11.9 Å². The van der Waals surface area contributed by atoms with Crippen LogP contribution in [-0.2, 0) is 4.79 Å². The first-order chi connectivity index (χ1) is 8.31. The molecule has 0 saturated heterocycles. The topological polar surface area (TPSA) is 55.1 Å². The summed E-state index contributed by atoms with van der Waals surface area (Å²) in [5.41, 5.74) is 3.85. The van der Waals surface area contributed by atoms with Crippen molar-refractivity contribution in [3.05, 3.63) is 29.1 Å². The van der Waals surface area contributed by atoms with E-state index in [4.69, 9.17) is 5.73 Å². The number of anilines is 1. The fraction of sp³-hybridized carbons (Fsp3) is 0.300. The Morgan fingerprint density at radius 1 is 1.06 bits per heavy atom. The van der Waals surface area contributed by atoms with Crippen molar-refractivity contribution in [3.63, 3.8) is 0 Å². The molecule has 100 valence electrons. The number of hydrogen-bond donors (Lipinski definition) is 2. The first kappa shape index (κ1) is 14.4. The predicted octanol–water partition coefficient (Wildman–Crippen LogP) is 2.06. The molecule has 0 aliphatic heterocycles. The number of amides is 1. The molecule has 18 heavy (non-hydrogen) atoms. The number of hydrogen-bond acceptors (Lipinski definition) is 2. The normalized spacial score (nSPS) is 12.4. The number of halogens is 5. The molecule has 0 spiro atoms. The van der Waals surface area contributed by atoms with Crippen LogP contribution in [0.1, 0.15) is 13.3 Å². The molecule has 1 aromatic rings. The Hall–Kier alpha value is -1.70. The fourth-order valence-corrected chi connectivity index (χ4v) is 1.12. The van der Waals surface area contributed by atoms with E-state index in [1.807, 2.05) is 0 Å². The second kappa shape index (κ2) is 5.30. The van der Waals surface area contributed by atoms with Crippen LogP contribution in [0.15, 0.2) is 0 Å². The standard InChI is InChI=1S/C10H9F5N2O/c1-2-3(16)10(18)17-9-7(14)5(12)4(11)6(13)8(9)15/h3H,2,16H2,1H3,(H,17,18)/t3-/m1/s1. The molecule has 1 atom stereocenters. The highest BCUT2D eigenvalue weighted by Gasteiger charge is 2.27. The number of carbonyl (C=O) groups excluding carboxylic acids is 1. The number of rotatable bonds is 3. The summed E-state index contributed by atoms with van der Waals surface area (Å²) in [4.78, 5) is 11.2. The molecule has 3 nitrogen and oxygen atoms in total. The molecule has 0 aromatic heterocycles. The van der Waals surface area contributed by atoms with E-state index in [1.54, 1.807) is 5.32 Å². The summed E-state index contributed by atoms with van der Waals surface area (Å²) in [5.74, 6) is -11.8. The first-order valence-corrected chi connectivity index (χ1v) is 4.89. The third-order valence-corrected chi connectivity index (χ3v) is 2.23. The smallest absolute Gasteiger partial charge is 0.241 e. The van der Waals surface area contributed by atoms with E-state index < -0.39 is 46.7 Å². The third kappa shape index (κ3) is 2.42. The minimum Gasteiger partial charge on any atom is -0.320 e. The van der Waals surface area contributed by atoms with Crippen LogP contribution in [0.4, 0.5) is 27.6 Å². The largest absolute Gasteiger partial charge is 0.320 e. The Morgan fingerprint density at radius 2 is 1.44 bits per heavy atom. The van der Waals surface area contributed by atoms with Gasteiger partial charge in [-0.2, -0.15) is 0 Å². The van der Waals surface area contributed by atoms with Crippen LogP contribution < -0.4 is 11.1 Å². The highest BCUT2D eigenvalue weighted by molar-refractivity contribution is 5.94. The lowest BCUT2D eigenvalue weighted by atomic mass is 10.2. The lowest BCUT2D eigenvalue weighted by Crippen LogP contribution is -2.35. The molecule has 0 unspecified atom stereocenters. The van der Waals surface area contributed by atoms with Crippen molar-refractivity contribution in [1.82, 2.24) is 0 Å². The van der Waals surface area contributed by atoms with Gasteiger partial charge < -0.3 is 11.1 Å². The van der Waals surface area contributed by atoms with Gasteiger partial charge in [-0.05, 0) is 6.42 Å². The highest BCUT2D eigenvalue weighted by atomic mass is 19.2. The minimum atomic E-state index is -2.29. The van der Waals surface area contributed by atoms with E-state index in [-0.39, 0.29) is 6.42 Å². The first-order valence-electron chi connectivity index (χ1n) is 4.89. The molecule has 0 heterocycles. The van der Waals surface area contributed by atoms with Gasteiger partial charge in [-0.3, -0.25) is 4.79 Å². The molecule has 1 rings (SSSR count). The van der Waals surface area contributed by atoms with E-state index in [1.165, 1.54) is 6.92 Å². The van der Waals surface area contributed by atoms with Crippen molar-refractivity contribution in [1.29, 1.82) is 0 Å². The van der Waals surface area contributed by atoms with Crippen molar-refractivity contribution in [3.8, 4) is 0 Å². The van der Waals surface area contributed by atoms with Crippen molar-refractivity contribution >= 4 is 11.6 Å². The van der Waals surface area contributed by atoms with Gasteiger partial charge in [0, 0.05) is 0 Å². The Balaban J connectivity index is 3.22. The Bertz CT molecular complexity index is 463. The van der Waals surface area contributed by atoms with Crippen molar-refractivity contribution in [2.45, 2.75) is 19.4 Å². The van der Waals surface area contributed by atoms with E-state index >= 15 is 0 Å². The summed E-state index contributed by atoms with van der Waals surface area (Å²) in [7, 11) is 0. The number of benzene rings is 1. The molecule has 0 aliphatic carbocycles. The zero-order chi connectivity index (χ0) is 14.0. The van der Waals surface area contributed by atoms with E-state index in [2.05, 4.69) is 0 Å². The van der Waals surface area contributed by atoms with Crippen LogP contribution in [0.5, 0.6) is 0 Å². The summed E-state index contributed by atoms with van der Waals surface area (Å²) in [6.45, 7) is 1.52. The van der Waals surface area contributed by atoms with Gasteiger partial charge in [0.05, 0.1) is 6.04 Å². The van der Waals surface area contributed by atoms with Gasteiger partial charge in [0.2, 0.25) is 11.7 Å². The average Bonchev–Trinajstić information content (AvgIpc) is 2.37. The Morgan fingerprint density at radius 3 is 1.83 bits per heavy atom. The molecular weight excluding hydrogens is 259 g/mol. The summed E-state index contributed by atoms with van der Waals surface area (Å²) in [6.07, 6.45) is 0.140. The molecular formula is C10H9F5N2O. The predicted molar refractivity (Wildman–Crippen MR) is 53.1 cm³/mol. The second-order valence-electron chi connectivity index (χ2n) is 3.45. The summed E-state index contributed by atoms with van der Waals surface area (Å²) >= 11 is 0. The molecule has 3 N–H and O–H groups in total. The summed E-state index contributed by atoms with van der Waals surface area (Å²) in [6, 6.07) is -1.11. The Kier molecular flexibility index (Phi) is 4.23. The van der Waals surface area contributed by atoms with Gasteiger partial charge in [-0.25, -0.2) is 22.0 Å². The van der Waals surface area contributed by atoms with Crippen LogP contribution in [0, 0.1) is 29.1 Å². The summed E-state index contributed by atoms with van der Waals surface area (Å²) < 4.78 is 64.6.